The molecular weight excluding hydrogens is 316 g/mol. The van der Waals surface area contributed by atoms with Crippen LogP contribution in [0.4, 0.5) is 5.69 Å². The number of Topliss-reactive ketones (excluding diaryl/α,β-unsaturated/α-hetero) is 1. The quantitative estimate of drug-likeness (QED) is 0.840. The van der Waals surface area contributed by atoms with Gasteiger partial charge in [0.15, 0.2) is 5.78 Å². The molecule has 6 nitrogen and oxygen atoms in total. The minimum Gasteiger partial charge on any atom is -0.326 e. The molecule has 2 rings (SSSR count). The molecule has 0 amide bonds. The fourth-order valence-corrected chi connectivity index (χ4v) is 2.87. The molecule has 0 fully saturated rings. The fraction of sp³-hybridized carbons (Fsp3) is 0.0769. The molecule has 1 heterocycles. The third kappa shape index (κ3) is 3.50. The molecule has 21 heavy (non-hydrogen) atoms. The lowest BCUT2D eigenvalue weighted by Gasteiger charge is -2.08. The van der Waals surface area contributed by atoms with Crippen molar-refractivity contribution in [3.63, 3.8) is 0 Å². The van der Waals surface area contributed by atoms with Crippen LogP contribution < -0.4 is 10.3 Å². The first-order chi connectivity index (χ1) is 9.79. The molecule has 0 aliphatic carbocycles. The number of carbonyl (C=O) groups excluding carboxylic acids is 1. The maximum absolute atomic E-state index is 12.1. The van der Waals surface area contributed by atoms with E-state index in [4.69, 9.17) is 11.6 Å². The SMILES string of the molecule is CC(=O)c1ccc(NS(=O)(=O)c2c[nH]c(=O)c(Cl)c2)cc1. The van der Waals surface area contributed by atoms with Gasteiger partial charge in [0.25, 0.3) is 15.6 Å². The van der Waals surface area contributed by atoms with E-state index < -0.39 is 15.6 Å². The Bertz CT molecular complexity index is 841. The number of carbonyl (C=O) groups is 1. The average Bonchev–Trinajstić information content (AvgIpc) is 2.42. The predicted octanol–water partition coefficient (Wildman–Crippen LogP) is 2.03. The van der Waals surface area contributed by atoms with Crippen LogP contribution in [-0.2, 0) is 10.0 Å². The van der Waals surface area contributed by atoms with Crippen molar-refractivity contribution in [2.24, 2.45) is 0 Å². The van der Waals surface area contributed by atoms with Crippen LogP contribution in [0.25, 0.3) is 0 Å². The summed E-state index contributed by atoms with van der Waals surface area (Å²) in [5.41, 5.74) is 0.203. The van der Waals surface area contributed by atoms with Gasteiger partial charge in [-0.3, -0.25) is 14.3 Å². The lowest BCUT2D eigenvalue weighted by Crippen LogP contribution is -2.16. The summed E-state index contributed by atoms with van der Waals surface area (Å²) in [5, 5.41) is -0.218. The zero-order valence-electron chi connectivity index (χ0n) is 10.9. The lowest BCUT2D eigenvalue weighted by atomic mass is 10.1. The van der Waals surface area contributed by atoms with Crippen LogP contribution in [0.15, 0.2) is 46.2 Å². The molecule has 0 bridgehead atoms. The Labute approximate surface area is 125 Å². The molecule has 0 unspecified atom stereocenters. The third-order valence-corrected chi connectivity index (χ3v) is 4.33. The van der Waals surface area contributed by atoms with E-state index in [9.17, 15) is 18.0 Å². The van der Waals surface area contributed by atoms with E-state index in [1.807, 2.05) is 0 Å². The molecule has 0 saturated heterocycles. The molecule has 2 N–H and O–H groups in total. The molecule has 0 radical (unpaired) electrons. The molecule has 1 aromatic heterocycles. The van der Waals surface area contributed by atoms with Crippen LogP contribution in [0, 0.1) is 0 Å². The van der Waals surface area contributed by atoms with E-state index in [1.165, 1.54) is 31.2 Å². The van der Waals surface area contributed by atoms with Crippen molar-refractivity contribution in [2.45, 2.75) is 11.8 Å². The van der Waals surface area contributed by atoms with Crippen molar-refractivity contribution in [3.05, 3.63) is 57.5 Å². The van der Waals surface area contributed by atoms with Gasteiger partial charge in [-0.15, -0.1) is 0 Å². The van der Waals surface area contributed by atoms with Crippen LogP contribution in [0.1, 0.15) is 17.3 Å². The maximum atomic E-state index is 12.1. The van der Waals surface area contributed by atoms with E-state index in [1.54, 1.807) is 0 Å². The summed E-state index contributed by atoms with van der Waals surface area (Å²) in [6.07, 6.45) is 1.06. The zero-order chi connectivity index (χ0) is 15.6. The number of anilines is 1. The highest BCUT2D eigenvalue weighted by Gasteiger charge is 2.16. The van der Waals surface area contributed by atoms with Crippen molar-refractivity contribution >= 4 is 33.1 Å². The Morgan fingerprint density at radius 3 is 2.38 bits per heavy atom. The molecule has 0 spiro atoms. The zero-order valence-corrected chi connectivity index (χ0v) is 12.5. The Morgan fingerprint density at radius 2 is 1.86 bits per heavy atom. The van der Waals surface area contributed by atoms with Crippen molar-refractivity contribution < 1.29 is 13.2 Å². The molecule has 8 heteroatoms. The first-order valence-corrected chi connectivity index (χ1v) is 7.68. The number of ketones is 1. The van der Waals surface area contributed by atoms with E-state index in [2.05, 4.69) is 9.71 Å². The van der Waals surface area contributed by atoms with Crippen LogP contribution >= 0.6 is 11.6 Å². The van der Waals surface area contributed by atoms with Crippen molar-refractivity contribution in [2.75, 3.05) is 4.72 Å². The number of aromatic amines is 1. The molecule has 0 saturated carbocycles. The molecule has 0 atom stereocenters. The third-order valence-electron chi connectivity index (χ3n) is 2.69. The highest BCUT2D eigenvalue weighted by molar-refractivity contribution is 7.92. The Balaban J connectivity index is 2.30. The highest BCUT2D eigenvalue weighted by atomic mass is 35.5. The van der Waals surface area contributed by atoms with Crippen molar-refractivity contribution in [3.8, 4) is 0 Å². The summed E-state index contributed by atoms with van der Waals surface area (Å²) in [6, 6.07) is 7.04. The molecule has 0 aliphatic heterocycles. The summed E-state index contributed by atoms with van der Waals surface area (Å²) in [4.78, 5) is 24.3. The first kappa shape index (κ1) is 15.3. The second-order valence-electron chi connectivity index (χ2n) is 4.25. The minimum atomic E-state index is -3.88. The molecule has 110 valence electrons. The van der Waals surface area contributed by atoms with E-state index in [-0.39, 0.29) is 15.7 Å². The number of nitrogens with one attached hydrogen (secondary N) is 2. The highest BCUT2D eigenvalue weighted by Crippen LogP contribution is 2.17. The second kappa shape index (κ2) is 5.71. The summed E-state index contributed by atoms with van der Waals surface area (Å²) in [5.74, 6) is -0.114. The van der Waals surface area contributed by atoms with Gasteiger partial charge in [-0.2, -0.15) is 0 Å². The first-order valence-electron chi connectivity index (χ1n) is 5.81. The Kier molecular flexibility index (Phi) is 4.15. The molecule has 0 aliphatic rings. The smallest absolute Gasteiger partial charge is 0.266 e. The van der Waals surface area contributed by atoms with Gasteiger partial charge in [0.2, 0.25) is 0 Å². The van der Waals surface area contributed by atoms with Crippen LogP contribution in [0.5, 0.6) is 0 Å². The van der Waals surface area contributed by atoms with E-state index >= 15 is 0 Å². The van der Waals surface area contributed by atoms with Crippen LogP contribution in [-0.4, -0.2) is 19.2 Å². The Hall–Kier alpha value is -2.12. The normalized spacial score (nSPS) is 11.1. The maximum Gasteiger partial charge on any atom is 0.266 e. The van der Waals surface area contributed by atoms with Crippen LogP contribution in [0.2, 0.25) is 5.02 Å². The van der Waals surface area contributed by atoms with Gasteiger partial charge in [-0.05, 0) is 37.3 Å². The second-order valence-corrected chi connectivity index (χ2v) is 6.34. The van der Waals surface area contributed by atoms with Gasteiger partial charge < -0.3 is 4.98 Å². The summed E-state index contributed by atoms with van der Waals surface area (Å²) in [6.45, 7) is 1.42. The fourth-order valence-electron chi connectivity index (χ4n) is 1.58. The van der Waals surface area contributed by atoms with Gasteiger partial charge in [0, 0.05) is 17.4 Å². The van der Waals surface area contributed by atoms with Gasteiger partial charge >= 0.3 is 0 Å². The number of hydrogen-bond donors (Lipinski definition) is 2. The largest absolute Gasteiger partial charge is 0.326 e. The summed E-state index contributed by atoms with van der Waals surface area (Å²) in [7, 11) is -3.88. The molecule has 1 aromatic carbocycles. The van der Waals surface area contributed by atoms with Gasteiger partial charge in [0.05, 0.1) is 0 Å². The van der Waals surface area contributed by atoms with Crippen LogP contribution in [0.3, 0.4) is 0 Å². The lowest BCUT2D eigenvalue weighted by molar-refractivity contribution is 0.101. The number of hydrogen-bond acceptors (Lipinski definition) is 4. The number of benzene rings is 1. The summed E-state index contributed by atoms with van der Waals surface area (Å²) >= 11 is 5.61. The van der Waals surface area contributed by atoms with Gasteiger partial charge in [-0.1, -0.05) is 11.6 Å². The number of H-pyrrole nitrogens is 1. The molecular formula is C13H11ClN2O4S. The predicted molar refractivity (Wildman–Crippen MR) is 79.3 cm³/mol. The standard InChI is InChI=1S/C13H11ClN2O4S/c1-8(17)9-2-4-10(5-3-9)16-21(19,20)11-6-12(14)13(18)15-7-11/h2-7,16H,1H3,(H,15,18). The number of halogens is 1. The topological polar surface area (TPSA) is 96.1 Å². The number of aromatic nitrogens is 1. The monoisotopic (exact) mass is 326 g/mol. The van der Waals surface area contributed by atoms with Crippen molar-refractivity contribution in [1.29, 1.82) is 0 Å². The summed E-state index contributed by atoms with van der Waals surface area (Å²) < 4.78 is 26.6. The molecule has 2 aromatic rings. The van der Waals surface area contributed by atoms with Gasteiger partial charge in [0.1, 0.15) is 9.92 Å². The Morgan fingerprint density at radius 1 is 1.24 bits per heavy atom. The number of rotatable bonds is 4. The number of sulfonamides is 1. The van der Waals surface area contributed by atoms with E-state index in [0.717, 1.165) is 12.3 Å². The average molecular weight is 327 g/mol. The van der Waals surface area contributed by atoms with Crippen molar-refractivity contribution in [1.82, 2.24) is 4.98 Å². The minimum absolute atomic E-state index is 0.114. The van der Waals surface area contributed by atoms with Gasteiger partial charge in [-0.25, -0.2) is 8.42 Å². The number of pyridine rings is 1. The van der Waals surface area contributed by atoms with E-state index in [0.29, 0.717) is 11.3 Å².